The fourth-order valence-electron chi connectivity index (χ4n) is 5.51. The average Bonchev–Trinajstić information content (AvgIpc) is 3.25. The second kappa shape index (κ2) is 12.0. The number of rotatable bonds is 7. The van der Waals surface area contributed by atoms with Gasteiger partial charge in [0.05, 0.1) is 6.67 Å². The van der Waals surface area contributed by atoms with E-state index in [2.05, 4.69) is 10.2 Å². The molecule has 40 heavy (non-hydrogen) atoms. The average molecular weight is 558 g/mol. The number of anilines is 2. The van der Waals surface area contributed by atoms with Crippen LogP contribution >= 0.6 is 11.8 Å². The quantitative estimate of drug-likeness (QED) is 0.425. The minimum absolute atomic E-state index is 0.0174. The molecule has 2 saturated heterocycles. The number of thioether (sulfide) groups is 1. The lowest BCUT2D eigenvalue weighted by Gasteiger charge is -2.43. The predicted octanol–water partition coefficient (Wildman–Crippen LogP) is 4.74. The number of nitrogens with zero attached hydrogens (tertiary/aromatic N) is 4. The van der Waals surface area contributed by atoms with Crippen LogP contribution in [0.15, 0.2) is 89.8 Å². The lowest BCUT2D eigenvalue weighted by atomic mass is 9.85. The molecule has 9 heteroatoms. The molecule has 2 aliphatic rings. The zero-order valence-corrected chi connectivity index (χ0v) is 23.8. The number of piperidine rings is 1. The molecule has 2 aliphatic heterocycles. The number of hydrogen-bond acceptors (Lipinski definition) is 5. The zero-order chi connectivity index (χ0) is 28.1. The molecule has 0 bridgehead atoms. The Morgan fingerprint density at radius 2 is 1.55 bits per heavy atom. The second-order valence-corrected chi connectivity index (χ2v) is 11.2. The largest absolute Gasteiger partial charge is 0.340 e. The van der Waals surface area contributed by atoms with E-state index in [1.807, 2.05) is 91.2 Å². The van der Waals surface area contributed by atoms with Gasteiger partial charge in [-0.15, -0.1) is 11.8 Å². The maximum absolute atomic E-state index is 14.0. The Morgan fingerprint density at radius 3 is 2.17 bits per heavy atom. The molecular formula is C31H35N5O3S. The van der Waals surface area contributed by atoms with Crippen molar-refractivity contribution in [3.8, 4) is 0 Å². The van der Waals surface area contributed by atoms with E-state index < -0.39 is 5.54 Å². The number of hydrogen-bond donors (Lipinski definition) is 1. The van der Waals surface area contributed by atoms with Gasteiger partial charge in [0.1, 0.15) is 12.1 Å². The minimum atomic E-state index is -0.795. The van der Waals surface area contributed by atoms with Gasteiger partial charge in [-0.1, -0.05) is 48.5 Å². The van der Waals surface area contributed by atoms with Crippen molar-refractivity contribution in [2.45, 2.75) is 29.8 Å². The minimum Gasteiger partial charge on any atom is -0.340 e. The zero-order valence-electron chi connectivity index (χ0n) is 23.0. The highest BCUT2D eigenvalue weighted by Crippen LogP contribution is 2.39. The van der Waals surface area contributed by atoms with Crippen molar-refractivity contribution in [1.82, 2.24) is 14.7 Å². The molecular weight excluding hydrogens is 522 g/mol. The Balaban J connectivity index is 1.28. The summed E-state index contributed by atoms with van der Waals surface area (Å²) in [6.45, 7) is 1.73. The highest BCUT2D eigenvalue weighted by molar-refractivity contribution is 7.98. The molecule has 0 aliphatic carbocycles. The maximum atomic E-state index is 14.0. The number of carbonyl (C=O) groups is 3. The van der Waals surface area contributed by atoms with Gasteiger partial charge in [0.2, 0.25) is 5.91 Å². The van der Waals surface area contributed by atoms with Gasteiger partial charge in [-0.25, -0.2) is 4.79 Å². The molecule has 0 atom stereocenters. The van der Waals surface area contributed by atoms with E-state index in [0.717, 1.165) is 21.8 Å². The molecule has 3 aromatic rings. The van der Waals surface area contributed by atoms with Gasteiger partial charge in [-0.3, -0.25) is 9.59 Å². The summed E-state index contributed by atoms with van der Waals surface area (Å²) in [4.78, 5) is 48.6. The Kier molecular flexibility index (Phi) is 8.30. The van der Waals surface area contributed by atoms with Crippen LogP contribution in [0.4, 0.5) is 16.2 Å². The molecule has 0 unspecified atom stereocenters. The summed E-state index contributed by atoms with van der Waals surface area (Å²) in [7, 11) is 1.77. The Labute approximate surface area is 239 Å². The van der Waals surface area contributed by atoms with Crippen molar-refractivity contribution in [3.63, 3.8) is 0 Å². The van der Waals surface area contributed by atoms with Crippen LogP contribution in [0.25, 0.3) is 0 Å². The fraction of sp³-hybridized carbons (Fsp3) is 0.323. The Bertz CT molecular complexity index is 1330. The highest BCUT2D eigenvalue weighted by atomic mass is 32.2. The number of para-hydroxylation sites is 1. The SMILES string of the molecule is CSc1ccc(NC(=O)N2CCC3(CC2)C(=O)N(CC(=O)N(C)Cc2ccccc2)CN3c2ccccc2)cc1. The number of nitrogens with one attached hydrogen (secondary N) is 1. The summed E-state index contributed by atoms with van der Waals surface area (Å²) in [5.41, 5.74) is 1.93. The summed E-state index contributed by atoms with van der Waals surface area (Å²) in [6, 6.07) is 27.3. The third-order valence-electron chi connectivity index (χ3n) is 7.82. The van der Waals surface area contributed by atoms with Crippen molar-refractivity contribution >= 4 is 41.0 Å². The van der Waals surface area contributed by atoms with Gasteiger partial charge < -0.3 is 24.9 Å². The first-order chi connectivity index (χ1) is 19.4. The normalized spacial score (nSPS) is 16.4. The van der Waals surface area contributed by atoms with Crippen molar-refractivity contribution in [1.29, 1.82) is 0 Å². The van der Waals surface area contributed by atoms with E-state index in [1.165, 1.54) is 0 Å². The maximum Gasteiger partial charge on any atom is 0.321 e. The number of urea groups is 1. The van der Waals surface area contributed by atoms with E-state index in [9.17, 15) is 14.4 Å². The van der Waals surface area contributed by atoms with Gasteiger partial charge in [0, 0.05) is 43.0 Å². The smallest absolute Gasteiger partial charge is 0.321 e. The van der Waals surface area contributed by atoms with E-state index in [-0.39, 0.29) is 24.4 Å². The van der Waals surface area contributed by atoms with Gasteiger partial charge in [0.15, 0.2) is 0 Å². The van der Waals surface area contributed by atoms with E-state index >= 15 is 0 Å². The first-order valence-electron chi connectivity index (χ1n) is 13.5. The van der Waals surface area contributed by atoms with Gasteiger partial charge in [-0.05, 0) is 61.1 Å². The van der Waals surface area contributed by atoms with Gasteiger partial charge in [0.25, 0.3) is 5.91 Å². The fourth-order valence-corrected chi connectivity index (χ4v) is 5.92. The van der Waals surface area contributed by atoms with Crippen LogP contribution in [0.3, 0.4) is 0 Å². The highest BCUT2D eigenvalue weighted by Gasteiger charge is 2.54. The molecule has 8 nitrogen and oxygen atoms in total. The molecule has 0 aromatic heterocycles. The molecule has 1 N–H and O–H groups in total. The van der Waals surface area contributed by atoms with Crippen molar-refractivity contribution in [2.24, 2.45) is 0 Å². The number of carbonyl (C=O) groups excluding carboxylic acids is 3. The lowest BCUT2D eigenvalue weighted by molar-refractivity contribution is -0.140. The summed E-state index contributed by atoms with van der Waals surface area (Å²) >= 11 is 1.65. The molecule has 2 heterocycles. The summed E-state index contributed by atoms with van der Waals surface area (Å²) in [6.07, 6.45) is 2.99. The molecule has 208 valence electrons. The number of likely N-dealkylation sites (tertiary alicyclic amines) is 1. The van der Waals surface area contributed by atoms with Crippen LogP contribution in [-0.4, -0.2) is 77.7 Å². The van der Waals surface area contributed by atoms with Crippen molar-refractivity contribution in [3.05, 3.63) is 90.5 Å². The summed E-state index contributed by atoms with van der Waals surface area (Å²) in [5, 5.41) is 2.98. The molecule has 1 spiro atoms. The Hall–Kier alpha value is -3.98. The molecule has 0 saturated carbocycles. The van der Waals surface area contributed by atoms with E-state index in [0.29, 0.717) is 39.1 Å². The summed E-state index contributed by atoms with van der Waals surface area (Å²) in [5.74, 6) is -0.155. The van der Waals surface area contributed by atoms with E-state index in [1.54, 1.807) is 33.5 Å². The summed E-state index contributed by atoms with van der Waals surface area (Å²) < 4.78 is 0. The molecule has 2 fully saturated rings. The van der Waals surface area contributed by atoms with Crippen LogP contribution in [0.5, 0.6) is 0 Å². The number of amides is 4. The van der Waals surface area contributed by atoms with Crippen LogP contribution in [-0.2, 0) is 16.1 Å². The lowest BCUT2D eigenvalue weighted by Crippen LogP contribution is -2.58. The van der Waals surface area contributed by atoms with E-state index in [4.69, 9.17) is 0 Å². The molecule has 0 radical (unpaired) electrons. The van der Waals surface area contributed by atoms with Crippen LogP contribution in [0.1, 0.15) is 18.4 Å². The first kappa shape index (κ1) is 27.6. The second-order valence-electron chi connectivity index (χ2n) is 10.3. The third kappa shape index (κ3) is 5.79. The van der Waals surface area contributed by atoms with Gasteiger partial charge in [-0.2, -0.15) is 0 Å². The number of likely N-dealkylation sites (N-methyl/N-ethyl adjacent to an activating group) is 1. The first-order valence-corrected chi connectivity index (χ1v) is 14.7. The Morgan fingerprint density at radius 1 is 0.925 bits per heavy atom. The number of benzene rings is 3. The third-order valence-corrected chi connectivity index (χ3v) is 8.56. The van der Waals surface area contributed by atoms with Crippen LogP contribution in [0, 0.1) is 0 Å². The molecule has 4 amide bonds. The van der Waals surface area contributed by atoms with Gasteiger partial charge >= 0.3 is 6.03 Å². The monoisotopic (exact) mass is 557 g/mol. The van der Waals surface area contributed by atoms with Crippen molar-refractivity contribution in [2.75, 3.05) is 49.8 Å². The van der Waals surface area contributed by atoms with Crippen LogP contribution in [0.2, 0.25) is 0 Å². The molecule has 3 aromatic carbocycles. The van der Waals surface area contributed by atoms with Crippen molar-refractivity contribution < 1.29 is 14.4 Å². The topological polar surface area (TPSA) is 76.2 Å². The standard InChI is InChI=1S/C31H35N5O3S/c1-33(21-24-9-5-3-6-10-24)28(37)22-35-23-36(26-11-7-4-8-12-26)31(29(35)38)17-19-34(20-18-31)30(39)32-25-13-15-27(40-2)16-14-25/h3-16H,17-23H2,1-2H3,(H,32,39). The predicted molar refractivity (Wildman–Crippen MR) is 159 cm³/mol. The van der Waals surface area contributed by atoms with Crippen LogP contribution < -0.4 is 10.2 Å². The molecule has 5 rings (SSSR count).